The van der Waals surface area contributed by atoms with Crippen LogP contribution in [0.15, 0.2) is 0 Å². The Morgan fingerprint density at radius 1 is 1.33 bits per heavy atom. The van der Waals surface area contributed by atoms with Gasteiger partial charge in [-0.15, -0.1) is 0 Å². The van der Waals surface area contributed by atoms with Gasteiger partial charge < -0.3 is 5.32 Å². The molecule has 2 atom stereocenters. The maximum Gasteiger partial charge on any atom is 0.0201 e. The molecule has 0 amide bonds. The maximum absolute atomic E-state index is 3.77. The van der Waals surface area contributed by atoms with Crippen LogP contribution in [-0.4, -0.2) is 23.6 Å². The van der Waals surface area contributed by atoms with Gasteiger partial charge in [0.2, 0.25) is 0 Å². The molecule has 1 aliphatic carbocycles. The normalized spacial score (nSPS) is 28.2. The van der Waals surface area contributed by atoms with Crippen molar-refractivity contribution in [1.29, 1.82) is 0 Å². The zero-order valence-corrected chi connectivity index (χ0v) is 10.8. The van der Waals surface area contributed by atoms with Gasteiger partial charge in [-0.05, 0) is 50.3 Å². The molecule has 0 aromatic carbocycles. The van der Waals surface area contributed by atoms with Crippen LogP contribution in [0.1, 0.15) is 51.9 Å². The van der Waals surface area contributed by atoms with E-state index in [4.69, 9.17) is 0 Å². The van der Waals surface area contributed by atoms with Gasteiger partial charge in [-0.2, -0.15) is 11.8 Å². The van der Waals surface area contributed by atoms with Crippen LogP contribution in [0.2, 0.25) is 0 Å². The Morgan fingerprint density at radius 2 is 2.20 bits per heavy atom. The average Bonchev–Trinajstić information content (AvgIpc) is 2.92. The highest BCUT2D eigenvalue weighted by atomic mass is 32.2. The van der Waals surface area contributed by atoms with Crippen LogP contribution in [0, 0.1) is 5.92 Å². The highest BCUT2D eigenvalue weighted by Gasteiger charge is 2.28. The number of hydrogen-bond donors (Lipinski definition) is 1. The summed E-state index contributed by atoms with van der Waals surface area (Å²) in [5.41, 5.74) is 0. The van der Waals surface area contributed by atoms with Crippen LogP contribution in [-0.2, 0) is 0 Å². The Bertz CT molecular complexity index is 173. The molecule has 2 heteroatoms. The SMILES string of the molecule is CCCNC(CCC1CC1)C1CCCS1. The van der Waals surface area contributed by atoms with E-state index in [9.17, 15) is 0 Å². The largest absolute Gasteiger partial charge is 0.313 e. The fourth-order valence-corrected chi connectivity index (χ4v) is 3.92. The van der Waals surface area contributed by atoms with Crippen molar-refractivity contribution in [1.82, 2.24) is 5.32 Å². The maximum atomic E-state index is 3.77. The van der Waals surface area contributed by atoms with Crippen LogP contribution < -0.4 is 5.32 Å². The molecule has 1 heterocycles. The average molecular weight is 227 g/mol. The Labute approximate surface area is 98.8 Å². The molecular weight excluding hydrogens is 202 g/mol. The second kappa shape index (κ2) is 6.15. The fraction of sp³-hybridized carbons (Fsp3) is 1.00. The molecule has 0 bridgehead atoms. The van der Waals surface area contributed by atoms with Crippen LogP contribution in [0.5, 0.6) is 0 Å². The summed E-state index contributed by atoms with van der Waals surface area (Å²) < 4.78 is 0. The smallest absolute Gasteiger partial charge is 0.0201 e. The first-order valence-corrected chi connectivity index (χ1v) is 7.80. The predicted octanol–water partition coefficient (Wildman–Crippen LogP) is 3.44. The second-order valence-corrected chi connectivity index (χ2v) is 6.48. The summed E-state index contributed by atoms with van der Waals surface area (Å²) in [6, 6.07) is 0.818. The predicted molar refractivity (Wildman–Crippen MR) is 69.5 cm³/mol. The first-order chi connectivity index (χ1) is 7.40. The lowest BCUT2D eigenvalue weighted by Crippen LogP contribution is -2.37. The van der Waals surface area contributed by atoms with E-state index in [-0.39, 0.29) is 0 Å². The van der Waals surface area contributed by atoms with Crippen molar-refractivity contribution in [3.05, 3.63) is 0 Å². The van der Waals surface area contributed by atoms with E-state index in [1.54, 1.807) is 0 Å². The number of hydrogen-bond acceptors (Lipinski definition) is 2. The van der Waals surface area contributed by atoms with Crippen molar-refractivity contribution < 1.29 is 0 Å². The van der Waals surface area contributed by atoms with Crippen molar-refractivity contribution >= 4 is 11.8 Å². The van der Waals surface area contributed by atoms with Crippen molar-refractivity contribution in [2.45, 2.75) is 63.2 Å². The molecule has 1 saturated heterocycles. The van der Waals surface area contributed by atoms with E-state index in [1.165, 1.54) is 57.2 Å². The first-order valence-electron chi connectivity index (χ1n) is 6.75. The number of rotatable bonds is 7. The van der Waals surface area contributed by atoms with Gasteiger partial charge in [0.1, 0.15) is 0 Å². The van der Waals surface area contributed by atoms with Crippen LogP contribution in [0.3, 0.4) is 0 Å². The summed E-state index contributed by atoms with van der Waals surface area (Å²) in [4.78, 5) is 0. The van der Waals surface area contributed by atoms with Crippen molar-refractivity contribution in [3.8, 4) is 0 Å². The monoisotopic (exact) mass is 227 g/mol. The van der Waals surface area contributed by atoms with Crippen LogP contribution in [0.25, 0.3) is 0 Å². The van der Waals surface area contributed by atoms with E-state index in [0.29, 0.717) is 0 Å². The molecule has 0 radical (unpaired) electrons. The minimum Gasteiger partial charge on any atom is -0.313 e. The summed E-state index contributed by atoms with van der Waals surface area (Å²) in [5, 5.41) is 4.70. The quantitative estimate of drug-likeness (QED) is 0.715. The van der Waals surface area contributed by atoms with Crippen molar-refractivity contribution in [2.24, 2.45) is 5.92 Å². The molecule has 1 N–H and O–H groups in total. The van der Waals surface area contributed by atoms with Gasteiger partial charge in [-0.25, -0.2) is 0 Å². The molecule has 1 nitrogen and oxygen atoms in total. The van der Waals surface area contributed by atoms with E-state index in [2.05, 4.69) is 24.0 Å². The van der Waals surface area contributed by atoms with Crippen LogP contribution in [0.4, 0.5) is 0 Å². The Morgan fingerprint density at radius 3 is 2.80 bits per heavy atom. The van der Waals surface area contributed by atoms with Gasteiger partial charge in [0, 0.05) is 11.3 Å². The second-order valence-electron chi connectivity index (χ2n) is 5.13. The van der Waals surface area contributed by atoms with Crippen molar-refractivity contribution in [3.63, 3.8) is 0 Å². The standard InChI is InChI=1S/C13H25NS/c1-2-9-14-12(8-7-11-5-6-11)13-4-3-10-15-13/h11-14H,2-10H2,1H3. The Hall–Kier alpha value is 0.310. The van der Waals surface area contributed by atoms with Gasteiger partial charge >= 0.3 is 0 Å². The lowest BCUT2D eigenvalue weighted by Gasteiger charge is -2.24. The molecule has 2 rings (SSSR count). The van der Waals surface area contributed by atoms with Gasteiger partial charge in [-0.3, -0.25) is 0 Å². The molecule has 2 aliphatic rings. The summed E-state index contributed by atoms with van der Waals surface area (Å²) in [6.45, 7) is 3.49. The molecule has 0 aromatic rings. The Balaban J connectivity index is 1.71. The van der Waals surface area contributed by atoms with E-state index < -0.39 is 0 Å². The summed E-state index contributed by atoms with van der Waals surface area (Å²) in [5.74, 6) is 2.50. The van der Waals surface area contributed by atoms with Crippen LogP contribution >= 0.6 is 11.8 Å². The zero-order chi connectivity index (χ0) is 10.5. The molecule has 0 spiro atoms. The molecule has 2 fully saturated rings. The molecule has 1 aliphatic heterocycles. The van der Waals surface area contributed by atoms with E-state index in [0.717, 1.165) is 17.2 Å². The third-order valence-corrected chi connectivity index (χ3v) is 5.17. The number of thioether (sulfide) groups is 1. The van der Waals surface area contributed by atoms with E-state index in [1.807, 2.05) is 0 Å². The molecule has 88 valence electrons. The van der Waals surface area contributed by atoms with Gasteiger partial charge in [0.15, 0.2) is 0 Å². The minimum absolute atomic E-state index is 0.818. The van der Waals surface area contributed by atoms with Gasteiger partial charge in [0.05, 0.1) is 0 Å². The molecule has 2 unspecified atom stereocenters. The Kier molecular flexibility index (Phi) is 4.83. The summed E-state index contributed by atoms with van der Waals surface area (Å²) in [7, 11) is 0. The summed E-state index contributed by atoms with van der Waals surface area (Å²) >= 11 is 2.21. The summed E-state index contributed by atoms with van der Waals surface area (Å²) in [6.07, 6.45) is 10.1. The topological polar surface area (TPSA) is 12.0 Å². The molecule has 0 aromatic heterocycles. The fourth-order valence-electron chi connectivity index (χ4n) is 2.49. The third kappa shape index (κ3) is 3.99. The molecular formula is C13H25NS. The van der Waals surface area contributed by atoms with Gasteiger partial charge in [-0.1, -0.05) is 19.8 Å². The number of nitrogens with one attached hydrogen (secondary N) is 1. The zero-order valence-electron chi connectivity index (χ0n) is 10.0. The molecule has 15 heavy (non-hydrogen) atoms. The third-order valence-electron chi connectivity index (χ3n) is 3.65. The first kappa shape index (κ1) is 11.8. The lowest BCUT2D eigenvalue weighted by molar-refractivity contribution is 0.436. The highest BCUT2D eigenvalue weighted by molar-refractivity contribution is 8.00. The minimum atomic E-state index is 0.818. The molecule has 1 saturated carbocycles. The van der Waals surface area contributed by atoms with Gasteiger partial charge in [0.25, 0.3) is 0 Å². The van der Waals surface area contributed by atoms with Crippen molar-refractivity contribution in [2.75, 3.05) is 12.3 Å². The van der Waals surface area contributed by atoms with E-state index >= 15 is 0 Å². The highest BCUT2D eigenvalue weighted by Crippen LogP contribution is 2.36. The lowest BCUT2D eigenvalue weighted by atomic mass is 10.0.